The van der Waals surface area contributed by atoms with Crippen molar-refractivity contribution in [3.63, 3.8) is 0 Å². The normalized spacial score (nSPS) is 15.6. The van der Waals surface area contributed by atoms with Crippen LogP contribution in [0.25, 0.3) is 10.6 Å². The Bertz CT molecular complexity index is 1020. The summed E-state index contributed by atoms with van der Waals surface area (Å²) < 4.78 is 5.56. The van der Waals surface area contributed by atoms with E-state index in [-0.39, 0.29) is 6.61 Å². The van der Waals surface area contributed by atoms with E-state index in [1.165, 1.54) is 11.3 Å². The predicted molar refractivity (Wildman–Crippen MR) is 113 cm³/mol. The Kier molecular flexibility index (Phi) is 5.60. The summed E-state index contributed by atoms with van der Waals surface area (Å²) in [5, 5.41) is 11.0. The van der Waals surface area contributed by atoms with Gasteiger partial charge in [-0.1, -0.05) is 6.07 Å². The van der Waals surface area contributed by atoms with Crippen molar-refractivity contribution in [2.75, 3.05) is 19.0 Å². The number of hydrogen-bond acceptors (Lipinski definition) is 7. The fraction of sp³-hybridized carbons (Fsp3) is 0.318. The Morgan fingerprint density at radius 1 is 1.34 bits per heavy atom. The third kappa shape index (κ3) is 4.16. The molecule has 29 heavy (non-hydrogen) atoms. The molecule has 0 saturated carbocycles. The van der Waals surface area contributed by atoms with Crippen LogP contribution in [-0.4, -0.2) is 35.1 Å². The minimum Gasteiger partial charge on any atom is -0.457 e. The zero-order valence-electron chi connectivity index (χ0n) is 16.5. The lowest BCUT2D eigenvalue weighted by molar-refractivity contribution is 0.0473. The van der Waals surface area contributed by atoms with Crippen LogP contribution in [0.3, 0.4) is 0 Å². The van der Waals surface area contributed by atoms with Gasteiger partial charge in [-0.25, -0.2) is 9.78 Å². The van der Waals surface area contributed by atoms with Crippen LogP contribution in [0.4, 0.5) is 5.69 Å². The second-order valence-electron chi connectivity index (χ2n) is 7.30. The van der Waals surface area contributed by atoms with Crippen LogP contribution in [-0.2, 0) is 17.8 Å². The Morgan fingerprint density at radius 2 is 2.21 bits per heavy atom. The first-order valence-electron chi connectivity index (χ1n) is 9.58. The molecule has 7 heteroatoms. The van der Waals surface area contributed by atoms with Crippen molar-refractivity contribution in [2.45, 2.75) is 32.0 Å². The first-order valence-corrected chi connectivity index (χ1v) is 10.4. The summed E-state index contributed by atoms with van der Waals surface area (Å²) in [6.45, 7) is 0.158. The predicted octanol–water partition coefficient (Wildman–Crippen LogP) is 4.00. The molecule has 150 valence electrons. The number of carbonyl (C=O) groups excluding carboxylic acids is 1. The lowest BCUT2D eigenvalue weighted by atomic mass is 10.0. The molecule has 1 unspecified atom stereocenters. The number of carbonyl (C=O) groups is 1. The van der Waals surface area contributed by atoms with E-state index >= 15 is 0 Å². The number of aryl methyl sites for hydroxylation is 1. The van der Waals surface area contributed by atoms with Crippen molar-refractivity contribution in [3.05, 3.63) is 64.4 Å². The average Bonchev–Trinajstić information content (AvgIpc) is 3.18. The first kappa shape index (κ1) is 19.5. The number of esters is 1. The molecule has 0 saturated heterocycles. The molecular formula is C22H23N3O3S. The summed E-state index contributed by atoms with van der Waals surface area (Å²) in [4.78, 5) is 24.6. The molecule has 1 atom stereocenters. The summed E-state index contributed by atoms with van der Waals surface area (Å²) >= 11 is 1.46. The van der Waals surface area contributed by atoms with Gasteiger partial charge in [0.15, 0.2) is 0 Å². The van der Waals surface area contributed by atoms with Gasteiger partial charge in [-0.3, -0.25) is 4.98 Å². The highest BCUT2D eigenvalue weighted by Crippen LogP contribution is 2.39. The second kappa shape index (κ2) is 8.31. The fourth-order valence-electron chi connectivity index (χ4n) is 3.39. The van der Waals surface area contributed by atoms with E-state index in [1.54, 1.807) is 12.4 Å². The minimum absolute atomic E-state index is 0.158. The highest BCUT2D eigenvalue weighted by Gasteiger charge is 2.25. The Balaban J connectivity index is 1.68. The Hall–Kier alpha value is -2.77. The molecule has 0 spiro atoms. The fourth-order valence-corrected chi connectivity index (χ4v) is 4.56. The molecule has 0 bridgehead atoms. The van der Waals surface area contributed by atoms with Gasteiger partial charge in [0.25, 0.3) is 0 Å². The maximum absolute atomic E-state index is 13.0. The van der Waals surface area contributed by atoms with E-state index in [2.05, 4.69) is 4.98 Å². The van der Waals surface area contributed by atoms with Crippen LogP contribution >= 0.6 is 11.3 Å². The summed E-state index contributed by atoms with van der Waals surface area (Å²) in [7, 11) is 3.86. The van der Waals surface area contributed by atoms with E-state index < -0.39 is 12.1 Å². The molecule has 1 aliphatic carbocycles. The minimum atomic E-state index is -0.466. The number of aromatic nitrogens is 2. The van der Waals surface area contributed by atoms with E-state index in [0.717, 1.165) is 51.7 Å². The van der Waals surface area contributed by atoms with Crippen LogP contribution < -0.4 is 4.90 Å². The van der Waals surface area contributed by atoms with E-state index in [9.17, 15) is 9.90 Å². The topological polar surface area (TPSA) is 75.5 Å². The van der Waals surface area contributed by atoms with E-state index in [0.29, 0.717) is 5.56 Å². The van der Waals surface area contributed by atoms with Gasteiger partial charge in [-0.05, 0) is 43.5 Å². The number of nitrogens with zero attached hydrogens (tertiary/aromatic N) is 3. The number of ether oxygens (including phenoxy) is 1. The number of hydrogen-bond donors (Lipinski definition) is 1. The molecule has 2 aromatic heterocycles. The zero-order valence-corrected chi connectivity index (χ0v) is 17.3. The first-order chi connectivity index (χ1) is 14.0. The number of pyridine rings is 1. The van der Waals surface area contributed by atoms with Crippen molar-refractivity contribution in [1.82, 2.24) is 9.97 Å². The van der Waals surface area contributed by atoms with Gasteiger partial charge in [-0.15, -0.1) is 11.3 Å². The van der Waals surface area contributed by atoms with Crippen molar-refractivity contribution < 1.29 is 14.6 Å². The number of anilines is 1. The number of thiazole rings is 1. The largest absolute Gasteiger partial charge is 0.457 e. The molecule has 4 rings (SSSR count). The third-order valence-corrected chi connectivity index (χ3v) is 6.22. The molecule has 1 aliphatic rings. The number of aliphatic hydroxyl groups excluding tert-OH is 1. The van der Waals surface area contributed by atoms with Crippen molar-refractivity contribution in [2.24, 2.45) is 0 Å². The molecule has 0 aliphatic heterocycles. The molecule has 0 fully saturated rings. The molecule has 3 aromatic rings. The van der Waals surface area contributed by atoms with Gasteiger partial charge in [0.2, 0.25) is 0 Å². The van der Waals surface area contributed by atoms with Crippen LogP contribution in [0.5, 0.6) is 0 Å². The maximum Gasteiger partial charge on any atom is 0.339 e. The summed E-state index contributed by atoms with van der Waals surface area (Å²) in [6.07, 6.45) is 5.44. The summed E-state index contributed by atoms with van der Waals surface area (Å²) in [6, 6.07) is 9.38. The molecular weight excluding hydrogens is 386 g/mol. The number of benzene rings is 1. The smallest absolute Gasteiger partial charge is 0.339 e. The molecule has 0 radical (unpaired) electrons. The standard InChI is InChI=1S/C22H23N3O3S/c1-25(2)15-8-9-16(21-24-18-6-3-7-19(26)20(18)29-21)17(11-15)22(27)28-13-14-5-4-10-23-12-14/h4-5,8-12,19,26H,3,6-7,13H2,1-2H3. The quantitative estimate of drug-likeness (QED) is 0.642. The Morgan fingerprint density at radius 3 is 2.93 bits per heavy atom. The lowest BCUT2D eigenvalue weighted by Gasteiger charge is -2.15. The van der Waals surface area contributed by atoms with Crippen LogP contribution in [0.2, 0.25) is 0 Å². The van der Waals surface area contributed by atoms with Crippen molar-refractivity contribution in [3.8, 4) is 10.6 Å². The van der Waals surface area contributed by atoms with Gasteiger partial charge in [0, 0.05) is 43.3 Å². The van der Waals surface area contributed by atoms with Gasteiger partial charge in [0.05, 0.1) is 22.2 Å². The van der Waals surface area contributed by atoms with Gasteiger partial charge in [0.1, 0.15) is 11.6 Å². The summed E-state index contributed by atoms with van der Waals surface area (Å²) in [5.41, 5.74) is 3.89. The Labute approximate surface area is 173 Å². The average molecular weight is 410 g/mol. The number of fused-ring (bicyclic) bond motifs is 1. The monoisotopic (exact) mass is 409 g/mol. The number of aliphatic hydroxyl groups is 1. The van der Waals surface area contributed by atoms with Crippen LogP contribution in [0, 0.1) is 0 Å². The SMILES string of the molecule is CN(C)c1ccc(-c2nc3c(s2)C(O)CCC3)c(C(=O)OCc2cccnc2)c1. The highest BCUT2D eigenvalue weighted by molar-refractivity contribution is 7.15. The second-order valence-corrected chi connectivity index (χ2v) is 8.33. The van der Waals surface area contributed by atoms with Crippen LogP contribution in [0.15, 0.2) is 42.7 Å². The number of rotatable bonds is 5. The molecule has 0 amide bonds. The van der Waals surface area contributed by atoms with Crippen molar-refractivity contribution >= 4 is 23.0 Å². The van der Waals surface area contributed by atoms with E-state index in [1.807, 2.05) is 49.3 Å². The van der Waals surface area contributed by atoms with Gasteiger partial charge in [-0.2, -0.15) is 0 Å². The van der Waals surface area contributed by atoms with Gasteiger partial charge < -0.3 is 14.7 Å². The van der Waals surface area contributed by atoms with Gasteiger partial charge >= 0.3 is 5.97 Å². The lowest BCUT2D eigenvalue weighted by Crippen LogP contribution is -2.12. The third-order valence-electron chi connectivity index (χ3n) is 4.98. The highest BCUT2D eigenvalue weighted by atomic mass is 32.1. The molecule has 1 aromatic carbocycles. The van der Waals surface area contributed by atoms with Crippen LogP contribution in [0.1, 0.15) is 45.4 Å². The van der Waals surface area contributed by atoms with Crippen molar-refractivity contribution in [1.29, 1.82) is 0 Å². The van der Waals surface area contributed by atoms with E-state index in [4.69, 9.17) is 9.72 Å². The summed E-state index contributed by atoms with van der Waals surface area (Å²) in [5.74, 6) is -0.402. The molecule has 6 nitrogen and oxygen atoms in total. The maximum atomic E-state index is 13.0. The molecule has 1 N–H and O–H groups in total. The zero-order chi connectivity index (χ0) is 20.4. The molecule has 2 heterocycles.